The van der Waals surface area contributed by atoms with E-state index in [2.05, 4.69) is 27.7 Å². The molecule has 0 N–H and O–H groups in total. The minimum Gasteiger partial charge on any atom is -0.343 e. The normalized spacial score (nSPS) is 7.64. The summed E-state index contributed by atoms with van der Waals surface area (Å²) in [7, 11) is 0. The number of rotatable bonds is 4. The third-order valence-corrected chi connectivity index (χ3v) is 1.21. The summed E-state index contributed by atoms with van der Waals surface area (Å²) in [5.41, 5.74) is 0. The van der Waals surface area contributed by atoms with Crippen LogP contribution in [0, 0.1) is 13.8 Å². The van der Waals surface area contributed by atoms with Gasteiger partial charge in [-0.3, -0.25) is 0 Å². The Morgan fingerprint density at radius 2 is 1.09 bits per heavy atom. The molecule has 0 saturated heterocycles. The Bertz CT molecular complexity index is 25.9. The van der Waals surface area contributed by atoms with Crippen LogP contribution < -0.4 is 0 Å². The van der Waals surface area contributed by atoms with Gasteiger partial charge in [0.2, 0.25) is 0 Å². The molecule has 11 heavy (non-hydrogen) atoms. The standard InChI is InChI=1S/2C5H11.Cr/c2*1-3-5-4-2;/h2*1,3-5H2,2H3;/q2*-1;+2. The Hall–Kier alpha value is 0.532. The molecule has 0 aliphatic carbocycles. The first-order valence-corrected chi connectivity index (χ1v) is 4.41. The van der Waals surface area contributed by atoms with Crippen LogP contribution in [0.5, 0.6) is 0 Å². The Balaban J connectivity index is -0.000000107. The molecule has 0 aromatic rings. The molecule has 0 atom stereocenters. The van der Waals surface area contributed by atoms with E-state index in [-0.39, 0.29) is 17.4 Å². The fourth-order valence-electron chi connectivity index (χ4n) is 0.500. The molecular weight excluding hydrogens is 172 g/mol. The summed E-state index contributed by atoms with van der Waals surface area (Å²) in [6.07, 6.45) is 7.31. The zero-order valence-corrected chi connectivity index (χ0v) is 9.34. The predicted molar refractivity (Wildman–Crippen MR) is 49.8 cm³/mol. The molecule has 0 aromatic carbocycles. The van der Waals surface area contributed by atoms with Gasteiger partial charge in [-0.2, -0.15) is 12.8 Å². The second-order valence-corrected chi connectivity index (χ2v) is 2.41. The van der Waals surface area contributed by atoms with Crippen molar-refractivity contribution < 1.29 is 17.4 Å². The van der Waals surface area contributed by atoms with Crippen LogP contribution in [0.2, 0.25) is 0 Å². The van der Waals surface area contributed by atoms with Crippen molar-refractivity contribution in [2.75, 3.05) is 0 Å². The molecule has 0 rings (SSSR count). The van der Waals surface area contributed by atoms with Gasteiger partial charge in [0, 0.05) is 0 Å². The van der Waals surface area contributed by atoms with Crippen molar-refractivity contribution in [3.8, 4) is 0 Å². The van der Waals surface area contributed by atoms with E-state index < -0.39 is 0 Å². The molecular formula is C10H22Cr. The summed E-state index contributed by atoms with van der Waals surface area (Å²) in [6, 6.07) is 0. The first-order chi connectivity index (χ1) is 4.83. The van der Waals surface area contributed by atoms with Crippen LogP contribution >= 0.6 is 0 Å². The van der Waals surface area contributed by atoms with Crippen LogP contribution in [0.3, 0.4) is 0 Å². The molecule has 0 nitrogen and oxygen atoms in total. The van der Waals surface area contributed by atoms with Gasteiger partial charge in [0.15, 0.2) is 0 Å². The fraction of sp³-hybridized carbons (Fsp3) is 0.800. The SMILES string of the molecule is [CH2-]CCCC.[CH2-]CCCC.[Cr+2]. The molecule has 0 aromatic heterocycles. The molecule has 0 amide bonds. The van der Waals surface area contributed by atoms with Crippen LogP contribution in [0.1, 0.15) is 52.4 Å². The molecule has 0 fully saturated rings. The van der Waals surface area contributed by atoms with Crippen molar-refractivity contribution in [2.24, 2.45) is 0 Å². The van der Waals surface area contributed by atoms with Crippen molar-refractivity contribution in [1.82, 2.24) is 0 Å². The van der Waals surface area contributed by atoms with Gasteiger partial charge in [-0.25, -0.2) is 0 Å². The van der Waals surface area contributed by atoms with Gasteiger partial charge >= 0.3 is 17.4 Å². The quantitative estimate of drug-likeness (QED) is 0.593. The Morgan fingerprint density at radius 1 is 0.818 bits per heavy atom. The average molecular weight is 194 g/mol. The van der Waals surface area contributed by atoms with Gasteiger partial charge in [-0.1, -0.05) is 39.5 Å². The van der Waals surface area contributed by atoms with Gasteiger partial charge in [0.25, 0.3) is 0 Å². The zero-order valence-electron chi connectivity index (χ0n) is 8.07. The van der Waals surface area contributed by atoms with E-state index in [0.29, 0.717) is 0 Å². The Labute approximate surface area is 83.9 Å². The average Bonchev–Trinajstić information content (AvgIpc) is 1.93. The second kappa shape index (κ2) is 22.4. The van der Waals surface area contributed by atoms with E-state index in [0.717, 1.165) is 12.8 Å². The number of hydrogen-bond acceptors (Lipinski definition) is 0. The predicted octanol–water partition coefficient (Wildman–Crippen LogP) is 4.02. The summed E-state index contributed by atoms with van der Waals surface area (Å²) >= 11 is 0. The minimum absolute atomic E-state index is 0. The summed E-state index contributed by atoms with van der Waals surface area (Å²) in [5.74, 6) is 0. The van der Waals surface area contributed by atoms with E-state index in [1.54, 1.807) is 0 Å². The number of hydrogen-bond donors (Lipinski definition) is 0. The van der Waals surface area contributed by atoms with Crippen LogP contribution in [-0.4, -0.2) is 0 Å². The molecule has 0 spiro atoms. The molecule has 0 bridgehead atoms. The smallest absolute Gasteiger partial charge is 0.343 e. The van der Waals surface area contributed by atoms with E-state index in [4.69, 9.17) is 0 Å². The van der Waals surface area contributed by atoms with E-state index in [1.807, 2.05) is 0 Å². The van der Waals surface area contributed by atoms with Crippen molar-refractivity contribution >= 4 is 0 Å². The topological polar surface area (TPSA) is 0 Å². The van der Waals surface area contributed by atoms with Gasteiger partial charge in [-0.05, 0) is 0 Å². The molecule has 0 unspecified atom stereocenters. The molecule has 0 aliphatic rings. The van der Waals surface area contributed by atoms with E-state index in [9.17, 15) is 0 Å². The van der Waals surface area contributed by atoms with Gasteiger partial charge in [0.1, 0.15) is 0 Å². The largest absolute Gasteiger partial charge is 2.00 e. The molecule has 0 heterocycles. The van der Waals surface area contributed by atoms with Crippen molar-refractivity contribution in [1.29, 1.82) is 0 Å². The van der Waals surface area contributed by atoms with Crippen LogP contribution in [-0.2, 0) is 17.4 Å². The van der Waals surface area contributed by atoms with Gasteiger partial charge < -0.3 is 13.8 Å². The zero-order chi connectivity index (χ0) is 8.24. The first-order valence-electron chi connectivity index (χ1n) is 4.41. The first kappa shape index (κ1) is 17.6. The summed E-state index contributed by atoms with van der Waals surface area (Å²) in [4.78, 5) is 0. The minimum atomic E-state index is 0. The van der Waals surface area contributed by atoms with Crippen molar-refractivity contribution in [2.45, 2.75) is 52.4 Å². The molecule has 0 saturated carbocycles. The van der Waals surface area contributed by atoms with E-state index >= 15 is 0 Å². The van der Waals surface area contributed by atoms with Crippen molar-refractivity contribution in [3.63, 3.8) is 0 Å². The second-order valence-electron chi connectivity index (χ2n) is 2.41. The maximum atomic E-state index is 3.68. The number of unbranched alkanes of at least 4 members (excludes halogenated alkanes) is 4. The fourth-order valence-corrected chi connectivity index (χ4v) is 0.500. The monoisotopic (exact) mass is 194 g/mol. The van der Waals surface area contributed by atoms with Crippen molar-refractivity contribution in [3.05, 3.63) is 13.8 Å². The van der Waals surface area contributed by atoms with Gasteiger partial charge in [-0.15, -0.1) is 0 Å². The third-order valence-electron chi connectivity index (χ3n) is 1.21. The summed E-state index contributed by atoms with van der Waals surface area (Å²) < 4.78 is 0. The van der Waals surface area contributed by atoms with Crippen LogP contribution in [0.25, 0.3) is 0 Å². The maximum absolute atomic E-state index is 3.68. The maximum Gasteiger partial charge on any atom is 2.00 e. The molecule has 68 valence electrons. The summed E-state index contributed by atoms with van der Waals surface area (Å²) in [5, 5.41) is 0. The Kier molecular flexibility index (Phi) is 35.8. The van der Waals surface area contributed by atoms with Gasteiger partial charge in [0.05, 0.1) is 0 Å². The van der Waals surface area contributed by atoms with E-state index in [1.165, 1.54) is 25.7 Å². The molecule has 0 aliphatic heterocycles. The Morgan fingerprint density at radius 3 is 1.09 bits per heavy atom. The molecule has 1 heteroatoms. The molecule has 0 radical (unpaired) electrons. The van der Waals surface area contributed by atoms with Crippen LogP contribution in [0.15, 0.2) is 0 Å². The third kappa shape index (κ3) is 37.3. The van der Waals surface area contributed by atoms with Crippen LogP contribution in [0.4, 0.5) is 0 Å². The summed E-state index contributed by atoms with van der Waals surface area (Å²) in [6.45, 7) is 11.7.